The number of carbonyl (C=O) groups excluding carboxylic acids is 1. The fourth-order valence-corrected chi connectivity index (χ4v) is 2.41. The van der Waals surface area contributed by atoms with Crippen molar-refractivity contribution in [1.82, 2.24) is 10.3 Å². The van der Waals surface area contributed by atoms with Crippen molar-refractivity contribution in [2.45, 2.75) is 19.4 Å². The van der Waals surface area contributed by atoms with Gasteiger partial charge >= 0.3 is 0 Å². The number of thiazole rings is 1. The lowest BCUT2D eigenvalue weighted by molar-refractivity contribution is 0.0919. The monoisotopic (exact) mass is 276 g/mol. The molecule has 1 atom stereocenters. The molecule has 1 unspecified atom stereocenters. The van der Waals surface area contributed by atoms with Gasteiger partial charge in [0.2, 0.25) is 0 Å². The Morgan fingerprint density at radius 2 is 2.16 bits per heavy atom. The van der Waals surface area contributed by atoms with Gasteiger partial charge in [-0.15, -0.1) is 11.3 Å². The highest BCUT2D eigenvalue weighted by Crippen LogP contribution is 2.14. The van der Waals surface area contributed by atoms with E-state index in [0.717, 1.165) is 11.4 Å². The summed E-state index contributed by atoms with van der Waals surface area (Å²) >= 11 is 1.47. The summed E-state index contributed by atoms with van der Waals surface area (Å²) < 4.78 is 0. The Morgan fingerprint density at radius 3 is 2.84 bits per heavy atom. The van der Waals surface area contributed by atoms with Gasteiger partial charge in [0.15, 0.2) is 0 Å². The molecule has 2 N–H and O–H groups in total. The first-order chi connectivity index (χ1) is 9.15. The van der Waals surface area contributed by atoms with Gasteiger partial charge in [-0.3, -0.25) is 4.79 Å². The van der Waals surface area contributed by atoms with Crippen LogP contribution in [0.2, 0.25) is 0 Å². The minimum Gasteiger partial charge on any atom is -0.392 e. The predicted octanol–water partition coefficient (Wildman–Crippen LogP) is 1.84. The number of nitrogens with one attached hydrogen (secondary N) is 1. The molecule has 0 aliphatic heterocycles. The maximum absolute atomic E-state index is 11.7. The van der Waals surface area contributed by atoms with Crippen molar-refractivity contribution < 1.29 is 9.90 Å². The van der Waals surface area contributed by atoms with E-state index in [0.29, 0.717) is 5.69 Å². The Balaban J connectivity index is 1.97. The number of carbonyl (C=O) groups is 1. The molecular weight excluding hydrogens is 260 g/mol. The van der Waals surface area contributed by atoms with Crippen LogP contribution in [0.4, 0.5) is 0 Å². The normalized spacial score (nSPS) is 12.1. The third kappa shape index (κ3) is 4.15. The van der Waals surface area contributed by atoms with Crippen LogP contribution in [-0.2, 0) is 6.42 Å². The molecule has 0 saturated carbocycles. The van der Waals surface area contributed by atoms with Crippen LogP contribution in [0.25, 0.3) is 0 Å². The fourth-order valence-electron chi connectivity index (χ4n) is 1.60. The molecule has 100 valence electrons. The van der Waals surface area contributed by atoms with Crippen molar-refractivity contribution in [1.29, 1.82) is 0 Å². The summed E-state index contributed by atoms with van der Waals surface area (Å²) in [5, 5.41) is 14.4. The van der Waals surface area contributed by atoms with Crippen LogP contribution < -0.4 is 5.32 Å². The van der Waals surface area contributed by atoms with Crippen LogP contribution in [0.1, 0.15) is 28.0 Å². The van der Waals surface area contributed by atoms with E-state index in [4.69, 9.17) is 5.11 Å². The van der Waals surface area contributed by atoms with E-state index in [-0.39, 0.29) is 12.5 Å². The highest BCUT2D eigenvalue weighted by Gasteiger charge is 2.11. The molecule has 1 aromatic heterocycles. The van der Waals surface area contributed by atoms with Crippen LogP contribution in [0.5, 0.6) is 0 Å². The second-order valence-corrected chi connectivity index (χ2v) is 5.29. The van der Waals surface area contributed by atoms with Crippen LogP contribution in [0.3, 0.4) is 0 Å². The van der Waals surface area contributed by atoms with Crippen molar-refractivity contribution in [2.24, 2.45) is 0 Å². The molecular formula is C14H16N2O2S. The fraction of sp³-hybridized carbons (Fsp3) is 0.286. The third-order valence-electron chi connectivity index (χ3n) is 2.54. The van der Waals surface area contributed by atoms with Crippen LogP contribution in [0, 0.1) is 0 Å². The molecule has 0 fully saturated rings. The highest BCUT2D eigenvalue weighted by atomic mass is 32.1. The predicted molar refractivity (Wildman–Crippen MR) is 75.4 cm³/mol. The van der Waals surface area contributed by atoms with E-state index in [9.17, 15) is 4.79 Å². The molecule has 0 aliphatic rings. The van der Waals surface area contributed by atoms with E-state index < -0.39 is 6.10 Å². The van der Waals surface area contributed by atoms with Crippen LogP contribution >= 0.6 is 11.3 Å². The summed E-state index contributed by atoms with van der Waals surface area (Å²) in [6, 6.07) is 10.0. The molecule has 2 rings (SSSR count). The van der Waals surface area contributed by atoms with Gasteiger partial charge in [0.05, 0.1) is 11.1 Å². The zero-order valence-corrected chi connectivity index (χ0v) is 11.5. The van der Waals surface area contributed by atoms with Crippen LogP contribution in [-0.4, -0.2) is 28.6 Å². The number of aliphatic hydroxyl groups is 1. The molecule has 4 nitrogen and oxygen atoms in total. The molecule has 0 bridgehead atoms. The van der Waals surface area contributed by atoms with Gasteiger partial charge in [0, 0.05) is 18.3 Å². The molecule has 1 heterocycles. The van der Waals surface area contributed by atoms with Crippen molar-refractivity contribution in [2.75, 3.05) is 6.54 Å². The SMILES string of the molecule is CC(O)CNC(=O)c1csc(Cc2ccccc2)n1. The average Bonchev–Trinajstić information content (AvgIpc) is 2.85. The van der Waals surface area contributed by atoms with E-state index in [2.05, 4.69) is 10.3 Å². The summed E-state index contributed by atoms with van der Waals surface area (Å²) in [7, 11) is 0. The van der Waals surface area contributed by atoms with Gasteiger partial charge in [-0.1, -0.05) is 30.3 Å². The van der Waals surface area contributed by atoms with Gasteiger partial charge in [-0.2, -0.15) is 0 Å². The van der Waals surface area contributed by atoms with Crippen molar-refractivity contribution in [3.63, 3.8) is 0 Å². The summed E-state index contributed by atoms with van der Waals surface area (Å²) in [5.41, 5.74) is 1.59. The first-order valence-corrected chi connectivity index (χ1v) is 6.97. The Kier molecular flexibility index (Phi) is 4.65. The molecule has 2 aromatic rings. The molecule has 0 aliphatic carbocycles. The molecule has 1 amide bonds. The second-order valence-electron chi connectivity index (χ2n) is 4.35. The lowest BCUT2D eigenvalue weighted by Gasteiger charge is -2.04. The summed E-state index contributed by atoms with van der Waals surface area (Å²) in [5.74, 6) is -0.239. The highest BCUT2D eigenvalue weighted by molar-refractivity contribution is 7.09. The summed E-state index contributed by atoms with van der Waals surface area (Å²) in [4.78, 5) is 16.0. The lowest BCUT2D eigenvalue weighted by Crippen LogP contribution is -2.30. The van der Waals surface area contributed by atoms with Gasteiger partial charge in [-0.05, 0) is 12.5 Å². The molecule has 1 aromatic carbocycles. The van der Waals surface area contributed by atoms with E-state index in [1.807, 2.05) is 30.3 Å². The number of nitrogens with zero attached hydrogens (tertiary/aromatic N) is 1. The quantitative estimate of drug-likeness (QED) is 0.876. The Morgan fingerprint density at radius 1 is 1.42 bits per heavy atom. The molecule has 0 spiro atoms. The van der Waals surface area contributed by atoms with E-state index in [1.165, 1.54) is 16.9 Å². The van der Waals surface area contributed by atoms with Gasteiger partial charge in [0.25, 0.3) is 5.91 Å². The Labute approximate surface area is 116 Å². The van der Waals surface area contributed by atoms with Gasteiger partial charge < -0.3 is 10.4 Å². The minimum absolute atomic E-state index is 0.239. The van der Waals surface area contributed by atoms with E-state index in [1.54, 1.807) is 12.3 Å². The molecule has 5 heteroatoms. The number of amides is 1. The zero-order chi connectivity index (χ0) is 13.7. The second kappa shape index (κ2) is 6.45. The number of benzene rings is 1. The van der Waals surface area contributed by atoms with Crippen molar-refractivity contribution >= 4 is 17.2 Å². The lowest BCUT2D eigenvalue weighted by atomic mass is 10.2. The minimum atomic E-state index is -0.550. The number of aliphatic hydroxyl groups excluding tert-OH is 1. The number of rotatable bonds is 5. The molecule has 0 radical (unpaired) electrons. The molecule has 0 saturated heterocycles. The first kappa shape index (κ1) is 13.7. The molecule has 19 heavy (non-hydrogen) atoms. The van der Waals surface area contributed by atoms with Crippen LogP contribution in [0.15, 0.2) is 35.7 Å². The number of hydrogen-bond acceptors (Lipinski definition) is 4. The summed E-state index contributed by atoms with van der Waals surface area (Å²) in [6.45, 7) is 1.87. The largest absolute Gasteiger partial charge is 0.392 e. The maximum atomic E-state index is 11.7. The smallest absolute Gasteiger partial charge is 0.270 e. The maximum Gasteiger partial charge on any atom is 0.270 e. The number of aromatic nitrogens is 1. The van der Waals surface area contributed by atoms with Gasteiger partial charge in [0.1, 0.15) is 5.69 Å². The third-order valence-corrected chi connectivity index (χ3v) is 3.39. The van der Waals surface area contributed by atoms with Crippen molar-refractivity contribution in [3.8, 4) is 0 Å². The average molecular weight is 276 g/mol. The van der Waals surface area contributed by atoms with Gasteiger partial charge in [-0.25, -0.2) is 4.98 Å². The Hall–Kier alpha value is -1.72. The topological polar surface area (TPSA) is 62.2 Å². The summed E-state index contributed by atoms with van der Waals surface area (Å²) in [6.07, 6.45) is 0.182. The zero-order valence-electron chi connectivity index (χ0n) is 10.7. The first-order valence-electron chi connectivity index (χ1n) is 6.09. The van der Waals surface area contributed by atoms with E-state index >= 15 is 0 Å². The van der Waals surface area contributed by atoms with Crippen molar-refractivity contribution in [3.05, 3.63) is 52.0 Å². The number of hydrogen-bond donors (Lipinski definition) is 2. The Bertz CT molecular complexity index is 537. The standard InChI is InChI=1S/C14H16N2O2S/c1-10(17)8-15-14(18)12-9-19-13(16-12)7-11-5-3-2-4-6-11/h2-6,9-10,17H,7-8H2,1H3,(H,15,18).